The van der Waals surface area contributed by atoms with E-state index in [2.05, 4.69) is 10.4 Å². The Morgan fingerprint density at radius 1 is 1.20 bits per heavy atom. The number of aliphatic hydroxyl groups is 3. The number of rotatable bonds is 7. The fourth-order valence-corrected chi connectivity index (χ4v) is 3.02. The summed E-state index contributed by atoms with van der Waals surface area (Å²) in [6.07, 6.45) is -0.113. The van der Waals surface area contributed by atoms with Gasteiger partial charge in [0, 0.05) is 11.4 Å². The number of aryl methyl sites for hydroxylation is 1. The second-order valence-corrected chi connectivity index (χ2v) is 6.24. The molecule has 2 heterocycles. The summed E-state index contributed by atoms with van der Waals surface area (Å²) in [5.41, 5.74) is 3.14. The molecule has 0 aliphatic carbocycles. The van der Waals surface area contributed by atoms with Crippen molar-refractivity contribution in [2.24, 2.45) is 0 Å². The summed E-state index contributed by atoms with van der Waals surface area (Å²) in [5.74, 6) is 0. The number of aliphatic hydroxyl groups excluding tert-OH is 3. The lowest BCUT2D eigenvalue weighted by molar-refractivity contribution is 0.0791. The molecular formula is C18H24N4O3. The molecule has 0 amide bonds. The lowest BCUT2D eigenvalue weighted by Crippen LogP contribution is -2.23. The van der Waals surface area contributed by atoms with Gasteiger partial charge in [0.1, 0.15) is 0 Å². The van der Waals surface area contributed by atoms with E-state index < -0.39 is 6.10 Å². The lowest BCUT2D eigenvalue weighted by Gasteiger charge is -2.18. The van der Waals surface area contributed by atoms with Gasteiger partial charge in [-0.1, -0.05) is 25.1 Å². The maximum Gasteiger partial charge on any atom is 0.160 e. The Hall–Kier alpha value is -2.22. The van der Waals surface area contributed by atoms with Crippen molar-refractivity contribution in [2.45, 2.75) is 39.0 Å². The Kier molecular flexibility index (Phi) is 5.17. The second-order valence-electron chi connectivity index (χ2n) is 6.24. The molecule has 0 saturated heterocycles. The van der Waals surface area contributed by atoms with Crippen molar-refractivity contribution < 1.29 is 15.3 Å². The van der Waals surface area contributed by atoms with Crippen LogP contribution in [0.5, 0.6) is 0 Å². The van der Waals surface area contributed by atoms with Crippen LogP contribution < -0.4 is 5.32 Å². The molecule has 25 heavy (non-hydrogen) atoms. The van der Waals surface area contributed by atoms with Gasteiger partial charge in [0.15, 0.2) is 5.65 Å². The Morgan fingerprint density at radius 3 is 2.64 bits per heavy atom. The highest BCUT2D eigenvalue weighted by Gasteiger charge is 2.19. The third kappa shape index (κ3) is 3.30. The standard InChI is InChI=1S/C18H24N4O3/c1-3-12(9-23)19-17-14-6-4-5-7-15(14)20-18-16(17)11(2)21-22(18)8-13(25)10-24/h4-7,12-13,23-25H,3,8-10H2,1-2H3,(H,19,20). The molecule has 2 aromatic heterocycles. The molecule has 134 valence electrons. The topological polar surface area (TPSA) is 103 Å². The molecule has 0 radical (unpaired) electrons. The number of pyridine rings is 1. The Morgan fingerprint density at radius 2 is 1.96 bits per heavy atom. The van der Waals surface area contributed by atoms with Gasteiger partial charge in [0.2, 0.25) is 0 Å². The lowest BCUT2D eigenvalue weighted by atomic mass is 10.1. The summed E-state index contributed by atoms with van der Waals surface area (Å²) in [4.78, 5) is 4.71. The Bertz CT molecular complexity index is 874. The average Bonchev–Trinajstić information content (AvgIpc) is 2.94. The SMILES string of the molecule is CCC(CO)Nc1c2ccccc2nc2c1c(C)nn2CC(O)CO. The van der Waals surface area contributed by atoms with Crippen LogP contribution in [0.25, 0.3) is 21.9 Å². The Labute approximate surface area is 145 Å². The molecule has 0 saturated carbocycles. The number of anilines is 1. The van der Waals surface area contributed by atoms with Crippen LogP contribution in [0.1, 0.15) is 19.0 Å². The van der Waals surface area contributed by atoms with Crippen LogP contribution in [0.15, 0.2) is 24.3 Å². The first-order valence-corrected chi connectivity index (χ1v) is 8.51. The normalized spacial score (nSPS) is 14.1. The van der Waals surface area contributed by atoms with E-state index in [4.69, 9.17) is 10.1 Å². The smallest absolute Gasteiger partial charge is 0.160 e. The zero-order chi connectivity index (χ0) is 18.0. The van der Waals surface area contributed by atoms with Crippen molar-refractivity contribution in [1.29, 1.82) is 0 Å². The second kappa shape index (κ2) is 7.35. The van der Waals surface area contributed by atoms with E-state index in [0.717, 1.165) is 34.1 Å². The predicted octanol–water partition coefficient (Wildman–Crippen LogP) is 1.43. The molecule has 1 aromatic carbocycles. The minimum absolute atomic E-state index is 0.0328. The number of fused-ring (bicyclic) bond motifs is 2. The largest absolute Gasteiger partial charge is 0.394 e. The molecule has 3 rings (SSSR count). The molecule has 2 unspecified atom stereocenters. The Balaban J connectivity index is 2.25. The van der Waals surface area contributed by atoms with Crippen LogP contribution in [0.4, 0.5) is 5.69 Å². The summed E-state index contributed by atoms with van der Waals surface area (Å²) in [6, 6.07) is 7.73. The van der Waals surface area contributed by atoms with Gasteiger partial charge in [-0.05, 0) is 19.4 Å². The molecule has 4 N–H and O–H groups in total. The van der Waals surface area contributed by atoms with Crippen LogP contribution in [0.3, 0.4) is 0 Å². The molecule has 2 atom stereocenters. The van der Waals surface area contributed by atoms with Gasteiger partial charge in [-0.3, -0.25) is 0 Å². The van der Waals surface area contributed by atoms with Gasteiger partial charge in [0.05, 0.1) is 48.1 Å². The van der Waals surface area contributed by atoms with E-state index in [1.807, 2.05) is 38.1 Å². The van der Waals surface area contributed by atoms with Gasteiger partial charge in [0.25, 0.3) is 0 Å². The zero-order valence-electron chi connectivity index (χ0n) is 14.5. The van der Waals surface area contributed by atoms with E-state index in [0.29, 0.717) is 5.65 Å². The first-order chi connectivity index (χ1) is 12.1. The number of para-hydroxylation sites is 1. The molecule has 0 aliphatic heterocycles. The molecule has 0 fully saturated rings. The highest BCUT2D eigenvalue weighted by atomic mass is 16.3. The van der Waals surface area contributed by atoms with Crippen molar-refractivity contribution in [3.05, 3.63) is 30.0 Å². The van der Waals surface area contributed by atoms with Crippen LogP contribution in [0.2, 0.25) is 0 Å². The van der Waals surface area contributed by atoms with E-state index >= 15 is 0 Å². The summed E-state index contributed by atoms with van der Waals surface area (Å²) in [6.45, 7) is 3.78. The fourth-order valence-electron chi connectivity index (χ4n) is 3.02. The van der Waals surface area contributed by atoms with Gasteiger partial charge in [-0.15, -0.1) is 0 Å². The maximum absolute atomic E-state index is 9.80. The van der Waals surface area contributed by atoms with Crippen molar-refractivity contribution in [2.75, 3.05) is 18.5 Å². The van der Waals surface area contributed by atoms with Crippen molar-refractivity contribution in [3.8, 4) is 0 Å². The van der Waals surface area contributed by atoms with Gasteiger partial charge in [-0.25, -0.2) is 9.67 Å². The third-order valence-electron chi connectivity index (χ3n) is 4.41. The van der Waals surface area contributed by atoms with Gasteiger partial charge < -0.3 is 20.6 Å². The first-order valence-electron chi connectivity index (χ1n) is 8.51. The van der Waals surface area contributed by atoms with Crippen LogP contribution in [-0.2, 0) is 6.54 Å². The third-order valence-corrected chi connectivity index (χ3v) is 4.41. The minimum Gasteiger partial charge on any atom is -0.394 e. The van der Waals surface area contributed by atoms with E-state index in [-0.39, 0.29) is 25.8 Å². The number of nitrogens with one attached hydrogen (secondary N) is 1. The summed E-state index contributed by atoms with van der Waals surface area (Å²) in [5, 5.41) is 38.3. The zero-order valence-corrected chi connectivity index (χ0v) is 14.5. The highest BCUT2D eigenvalue weighted by Crippen LogP contribution is 2.33. The molecule has 3 aromatic rings. The molecule has 0 bridgehead atoms. The highest BCUT2D eigenvalue weighted by molar-refractivity contribution is 6.07. The monoisotopic (exact) mass is 344 g/mol. The number of hydrogen-bond donors (Lipinski definition) is 4. The summed E-state index contributed by atoms with van der Waals surface area (Å²) < 4.78 is 1.63. The molecular weight excluding hydrogens is 320 g/mol. The van der Waals surface area contributed by atoms with Crippen LogP contribution in [0, 0.1) is 6.92 Å². The van der Waals surface area contributed by atoms with Crippen LogP contribution in [-0.4, -0.2) is 55.4 Å². The van der Waals surface area contributed by atoms with Gasteiger partial charge in [-0.2, -0.15) is 5.10 Å². The van der Waals surface area contributed by atoms with Crippen molar-refractivity contribution in [1.82, 2.24) is 14.8 Å². The van der Waals surface area contributed by atoms with E-state index in [1.165, 1.54) is 0 Å². The maximum atomic E-state index is 9.80. The number of benzene rings is 1. The number of nitrogens with zero attached hydrogens (tertiary/aromatic N) is 3. The van der Waals surface area contributed by atoms with E-state index in [1.54, 1.807) is 4.68 Å². The first kappa shape index (κ1) is 17.6. The molecule has 7 heteroatoms. The molecule has 0 aliphatic rings. The predicted molar refractivity (Wildman–Crippen MR) is 97.7 cm³/mol. The number of aromatic nitrogens is 3. The van der Waals surface area contributed by atoms with Crippen molar-refractivity contribution in [3.63, 3.8) is 0 Å². The quantitative estimate of drug-likeness (QED) is 0.517. The van der Waals surface area contributed by atoms with E-state index in [9.17, 15) is 10.2 Å². The van der Waals surface area contributed by atoms with Gasteiger partial charge >= 0.3 is 0 Å². The molecule has 0 spiro atoms. The van der Waals surface area contributed by atoms with Crippen molar-refractivity contribution >= 4 is 27.6 Å². The molecule has 7 nitrogen and oxygen atoms in total. The fraction of sp³-hybridized carbons (Fsp3) is 0.444. The number of hydrogen-bond acceptors (Lipinski definition) is 6. The summed E-state index contributed by atoms with van der Waals surface area (Å²) >= 11 is 0. The average molecular weight is 344 g/mol. The van der Waals surface area contributed by atoms with Crippen LogP contribution >= 0.6 is 0 Å². The minimum atomic E-state index is -0.895. The summed E-state index contributed by atoms with van der Waals surface area (Å²) in [7, 11) is 0.